The summed E-state index contributed by atoms with van der Waals surface area (Å²) in [7, 11) is 0. The van der Waals surface area contributed by atoms with Crippen LogP contribution < -0.4 is 4.74 Å². The number of halogens is 1. The number of hydrogen-bond donors (Lipinski definition) is 0. The Hall–Kier alpha value is -3.71. The summed E-state index contributed by atoms with van der Waals surface area (Å²) in [6, 6.07) is 8.01. The molecule has 0 radical (unpaired) electrons. The molecule has 3 aromatic rings. The molecule has 4 heterocycles. The second-order valence-electron chi connectivity index (χ2n) is 8.86. The Morgan fingerprint density at radius 3 is 2.68 bits per heavy atom. The van der Waals surface area contributed by atoms with Gasteiger partial charge in [-0.25, -0.2) is 19.2 Å². The Kier molecular flexibility index (Phi) is 5.79. The molecule has 2 aromatic heterocycles. The highest BCUT2D eigenvalue weighted by atomic mass is 19.1. The number of amides is 1. The zero-order valence-electron chi connectivity index (χ0n) is 18.8. The molecule has 2 fully saturated rings. The molecule has 2 aliphatic rings. The summed E-state index contributed by atoms with van der Waals surface area (Å²) >= 11 is 0. The number of carbonyl (C=O) groups is 1. The lowest BCUT2D eigenvalue weighted by molar-refractivity contribution is -0.110. The fourth-order valence-electron chi connectivity index (χ4n) is 4.63. The third-order valence-electron chi connectivity index (χ3n) is 6.13. The van der Waals surface area contributed by atoms with Gasteiger partial charge in [-0.2, -0.15) is 5.26 Å². The molecule has 2 bridgehead atoms. The van der Waals surface area contributed by atoms with Crippen molar-refractivity contribution in [2.75, 3.05) is 26.3 Å². The molecule has 0 N–H and O–H groups in total. The number of likely N-dealkylation sites (tertiary alicyclic amines) is 1. The van der Waals surface area contributed by atoms with Crippen molar-refractivity contribution in [3.8, 4) is 17.6 Å². The van der Waals surface area contributed by atoms with Crippen LogP contribution in [0.25, 0.3) is 16.7 Å². The van der Waals surface area contributed by atoms with Gasteiger partial charge in [0.2, 0.25) is 5.88 Å². The number of nitriles is 1. The quantitative estimate of drug-likeness (QED) is 0.582. The first-order valence-corrected chi connectivity index (χ1v) is 11.2. The minimum Gasteiger partial charge on any atom is -0.473 e. The number of benzene rings is 1. The van der Waals surface area contributed by atoms with Crippen LogP contribution in [0.2, 0.25) is 0 Å². The monoisotopic (exact) mass is 465 g/mol. The van der Waals surface area contributed by atoms with Crippen LogP contribution >= 0.6 is 0 Å². The maximum Gasteiger partial charge on any atom is 0.410 e. The van der Waals surface area contributed by atoms with Crippen molar-refractivity contribution in [3.05, 3.63) is 48.2 Å². The van der Waals surface area contributed by atoms with E-state index in [9.17, 15) is 9.18 Å². The molecule has 2 saturated heterocycles. The van der Waals surface area contributed by atoms with Gasteiger partial charge in [0.05, 0.1) is 42.0 Å². The van der Waals surface area contributed by atoms with Crippen LogP contribution in [0.1, 0.15) is 19.4 Å². The van der Waals surface area contributed by atoms with E-state index in [1.165, 1.54) is 12.4 Å². The Bertz CT molecular complexity index is 1260. The van der Waals surface area contributed by atoms with E-state index >= 15 is 0 Å². The Morgan fingerprint density at radius 1 is 1.24 bits per heavy atom. The van der Waals surface area contributed by atoms with Gasteiger partial charge in [-0.1, -0.05) is 0 Å². The second kappa shape index (κ2) is 8.91. The van der Waals surface area contributed by atoms with Crippen molar-refractivity contribution in [1.82, 2.24) is 19.4 Å². The van der Waals surface area contributed by atoms with E-state index in [0.29, 0.717) is 43.2 Å². The lowest BCUT2D eigenvalue weighted by Gasteiger charge is -2.45. The van der Waals surface area contributed by atoms with Crippen LogP contribution in [0, 0.1) is 29.0 Å². The fourth-order valence-corrected chi connectivity index (χ4v) is 4.63. The molecular formula is C24H24FN5O4. The van der Waals surface area contributed by atoms with Gasteiger partial charge in [-0.3, -0.25) is 4.57 Å². The molecule has 1 aromatic carbocycles. The molecule has 0 spiro atoms. The van der Waals surface area contributed by atoms with Crippen molar-refractivity contribution in [3.63, 3.8) is 0 Å². The van der Waals surface area contributed by atoms with Crippen molar-refractivity contribution in [2.24, 2.45) is 11.8 Å². The van der Waals surface area contributed by atoms with Crippen LogP contribution in [-0.4, -0.2) is 64.0 Å². The maximum absolute atomic E-state index is 14.6. The summed E-state index contributed by atoms with van der Waals surface area (Å²) < 4.78 is 33.7. The molecule has 176 valence electrons. The first kappa shape index (κ1) is 22.1. The predicted molar refractivity (Wildman–Crippen MR) is 119 cm³/mol. The van der Waals surface area contributed by atoms with Gasteiger partial charge in [0.1, 0.15) is 18.2 Å². The molecule has 0 saturated carbocycles. The number of hydrogen-bond acceptors (Lipinski definition) is 7. The molecule has 9 nitrogen and oxygen atoms in total. The van der Waals surface area contributed by atoms with Crippen LogP contribution in [0.5, 0.6) is 5.88 Å². The van der Waals surface area contributed by atoms with Crippen LogP contribution in [0.3, 0.4) is 0 Å². The van der Waals surface area contributed by atoms with E-state index in [4.69, 9.17) is 19.5 Å². The minimum absolute atomic E-state index is 0.0321. The summed E-state index contributed by atoms with van der Waals surface area (Å²) in [5.41, 5.74) is 1.02. The van der Waals surface area contributed by atoms with E-state index in [-0.39, 0.29) is 41.4 Å². The lowest BCUT2D eigenvalue weighted by Crippen LogP contribution is -2.58. The van der Waals surface area contributed by atoms with Gasteiger partial charge < -0.3 is 19.1 Å². The first-order chi connectivity index (χ1) is 16.4. The normalized spacial score (nSPS) is 22.0. The molecule has 2 aliphatic heterocycles. The first-order valence-electron chi connectivity index (χ1n) is 11.2. The Balaban J connectivity index is 1.41. The number of nitrogens with zero attached hydrogens (tertiary/aromatic N) is 5. The van der Waals surface area contributed by atoms with Gasteiger partial charge >= 0.3 is 6.09 Å². The number of fused-ring (bicyclic) bond motifs is 3. The molecule has 5 rings (SSSR count). The Labute approximate surface area is 195 Å². The number of ether oxygens (including phenoxy) is 3. The summed E-state index contributed by atoms with van der Waals surface area (Å²) in [6.07, 6.45) is 2.39. The number of piperidine rings is 1. The topological polar surface area (TPSA) is 102 Å². The highest BCUT2D eigenvalue weighted by Gasteiger charge is 2.44. The summed E-state index contributed by atoms with van der Waals surface area (Å²) in [4.78, 5) is 22.8. The van der Waals surface area contributed by atoms with E-state index in [1.54, 1.807) is 33.9 Å². The predicted octanol–water partition coefficient (Wildman–Crippen LogP) is 3.30. The highest BCUT2D eigenvalue weighted by molar-refractivity contribution is 5.83. The molecule has 1 amide bonds. The Morgan fingerprint density at radius 2 is 2.00 bits per heavy atom. The highest BCUT2D eigenvalue weighted by Crippen LogP contribution is 2.34. The van der Waals surface area contributed by atoms with Gasteiger partial charge in [-0.05, 0) is 38.1 Å². The van der Waals surface area contributed by atoms with Crippen LogP contribution in [0.4, 0.5) is 9.18 Å². The second-order valence-corrected chi connectivity index (χ2v) is 8.86. The molecule has 34 heavy (non-hydrogen) atoms. The summed E-state index contributed by atoms with van der Waals surface area (Å²) in [5.74, 6) is -0.187. The average Bonchev–Trinajstić information content (AvgIpc) is 3.23. The minimum atomic E-state index is -0.523. The van der Waals surface area contributed by atoms with Gasteiger partial charge in [0.15, 0.2) is 5.65 Å². The number of aromatic nitrogens is 3. The van der Waals surface area contributed by atoms with Crippen molar-refractivity contribution in [1.29, 1.82) is 5.26 Å². The van der Waals surface area contributed by atoms with E-state index in [1.807, 2.05) is 19.9 Å². The van der Waals surface area contributed by atoms with Crippen molar-refractivity contribution >= 4 is 17.1 Å². The van der Waals surface area contributed by atoms with E-state index < -0.39 is 5.82 Å². The van der Waals surface area contributed by atoms with E-state index in [0.717, 1.165) is 0 Å². The lowest BCUT2D eigenvalue weighted by atomic mass is 9.84. The van der Waals surface area contributed by atoms with Gasteiger partial charge in [0.25, 0.3) is 0 Å². The SMILES string of the molecule is CC(C)OC(=O)N1CC2COCC(C1)C2Oc1ncnc2c1ccn2-c1ccc(C#N)cc1F. The van der Waals surface area contributed by atoms with Crippen LogP contribution in [-0.2, 0) is 9.47 Å². The third-order valence-corrected chi connectivity index (χ3v) is 6.13. The molecule has 2 atom stereocenters. The average molecular weight is 465 g/mol. The standard InChI is InChI=1S/C24H24FN5O4/c1-14(2)33-24(31)29-9-16-11-32-12-17(10-29)21(16)34-23-18-5-6-30(22(18)27-13-28-23)20-4-3-15(8-26)7-19(20)25/h3-7,13-14,16-17,21H,9-12H2,1-2H3. The largest absolute Gasteiger partial charge is 0.473 e. The van der Waals surface area contributed by atoms with Gasteiger partial charge in [-0.15, -0.1) is 0 Å². The maximum atomic E-state index is 14.6. The fraction of sp³-hybridized carbons (Fsp3) is 0.417. The zero-order valence-corrected chi connectivity index (χ0v) is 18.8. The molecule has 10 heteroatoms. The van der Waals surface area contributed by atoms with Crippen molar-refractivity contribution in [2.45, 2.75) is 26.1 Å². The summed E-state index contributed by atoms with van der Waals surface area (Å²) in [5, 5.41) is 9.65. The van der Waals surface area contributed by atoms with Crippen LogP contribution in [0.15, 0.2) is 36.8 Å². The van der Waals surface area contributed by atoms with E-state index in [2.05, 4.69) is 9.97 Å². The molecular weight excluding hydrogens is 441 g/mol. The number of carbonyl (C=O) groups excluding carboxylic acids is 1. The number of rotatable bonds is 4. The smallest absolute Gasteiger partial charge is 0.410 e. The van der Waals surface area contributed by atoms with Gasteiger partial charge in [0, 0.05) is 31.1 Å². The zero-order chi connectivity index (χ0) is 23.8. The molecule has 2 unspecified atom stereocenters. The summed E-state index contributed by atoms with van der Waals surface area (Å²) in [6.45, 7) is 5.54. The molecule has 0 aliphatic carbocycles. The third kappa shape index (κ3) is 4.03. The van der Waals surface area contributed by atoms with Crippen molar-refractivity contribution < 1.29 is 23.4 Å².